The lowest BCUT2D eigenvalue weighted by molar-refractivity contribution is 0.0893. The molecule has 0 spiro atoms. The van der Waals surface area contributed by atoms with E-state index in [-0.39, 0.29) is 0 Å². The van der Waals surface area contributed by atoms with Crippen LogP contribution < -0.4 is 15.0 Å². The third-order valence-electron chi connectivity index (χ3n) is 5.44. The van der Waals surface area contributed by atoms with Crippen molar-refractivity contribution in [2.24, 2.45) is 10.9 Å². The first kappa shape index (κ1) is 21.7. The Morgan fingerprint density at radius 1 is 1.21 bits per heavy atom. The number of methoxy groups -OCH3 is 1. The summed E-state index contributed by atoms with van der Waals surface area (Å²) in [6.07, 6.45) is 2.08. The molecule has 162 valence electrons. The number of piperazine rings is 1. The van der Waals surface area contributed by atoms with Crippen molar-refractivity contribution in [1.29, 1.82) is 0 Å². The minimum Gasteiger partial charge on any atom is -0.497 e. The summed E-state index contributed by atoms with van der Waals surface area (Å²) in [6.45, 7) is 11.0. The van der Waals surface area contributed by atoms with Crippen LogP contribution in [0.4, 0.5) is 5.69 Å². The van der Waals surface area contributed by atoms with Crippen LogP contribution in [0.2, 0.25) is 0 Å². The Hall–Kier alpha value is -1.99. The molecule has 0 aromatic heterocycles. The molecule has 1 aromatic carbocycles. The van der Waals surface area contributed by atoms with Gasteiger partial charge in [-0.05, 0) is 44.0 Å². The molecule has 3 rings (SSSR count). The molecule has 1 unspecified atom stereocenters. The van der Waals surface area contributed by atoms with Gasteiger partial charge >= 0.3 is 0 Å². The average Bonchev–Trinajstić information content (AvgIpc) is 3.29. The zero-order valence-electron chi connectivity index (χ0n) is 17.9. The highest BCUT2D eigenvalue weighted by atomic mass is 16.5. The molecule has 0 bridgehead atoms. The molecule has 0 amide bonds. The fourth-order valence-corrected chi connectivity index (χ4v) is 3.71. The molecule has 1 N–H and O–H groups in total. The highest BCUT2D eigenvalue weighted by molar-refractivity contribution is 5.80. The van der Waals surface area contributed by atoms with E-state index in [0.29, 0.717) is 5.92 Å². The Labute approximate surface area is 175 Å². The van der Waals surface area contributed by atoms with Gasteiger partial charge in [0.15, 0.2) is 5.96 Å². The van der Waals surface area contributed by atoms with Crippen molar-refractivity contribution in [3.63, 3.8) is 0 Å². The minimum atomic E-state index is 0.581. The third-order valence-corrected chi connectivity index (χ3v) is 5.44. The van der Waals surface area contributed by atoms with Gasteiger partial charge in [0.1, 0.15) is 5.75 Å². The molecule has 0 aliphatic carbocycles. The molecule has 2 aliphatic rings. The second kappa shape index (κ2) is 11.9. The van der Waals surface area contributed by atoms with Crippen LogP contribution >= 0.6 is 0 Å². The summed E-state index contributed by atoms with van der Waals surface area (Å²) in [5, 5.41) is 3.44. The first-order chi connectivity index (χ1) is 14.3. The molecule has 7 nitrogen and oxygen atoms in total. The third kappa shape index (κ3) is 6.78. The van der Waals surface area contributed by atoms with Crippen molar-refractivity contribution < 1.29 is 14.2 Å². The molecule has 1 atom stereocenters. The number of anilines is 1. The molecule has 2 saturated heterocycles. The Balaban J connectivity index is 1.39. The summed E-state index contributed by atoms with van der Waals surface area (Å²) < 4.78 is 16.4. The lowest BCUT2D eigenvalue weighted by atomic mass is 10.1. The number of ether oxygens (including phenoxy) is 3. The van der Waals surface area contributed by atoms with Crippen LogP contribution in [0.1, 0.15) is 19.8 Å². The summed E-state index contributed by atoms with van der Waals surface area (Å²) >= 11 is 0. The Kier molecular flexibility index (Phi) is 8.89. The van der Waals surface area contributed by atoms with Gasteiger partial charge in [-0.15, -0.1) is 0 Å². The van der Waals surface area contributed by atoms with Crippen molar-refractivity contribution in [2.75, 3.05) is 77.7 Å². The van der Waals surface area contributed by atoms with Crippen molar-refractivity contribution in [3.8, 4) is 5.75 Å². The monoisotopic (exact) mass is 404 g/mol. The minimum absolute atomic E-state index is 0.581. The van der Waals surface area contributed by atoms with E-state index in [0.717, 1.165) is 90.2 Å². The highest BCUT2D eigenvalue weighted by Crippen LogP contribution is 2.20. The molecule has 2 heterocycles. The summed E-state index contributed by atoms with van der Waals surface area (Å²) in [5.41, 5.74) is 1.25. The van der Waals surface area contributed by atoms with E-state index in [9.17, 15) is 0 Å². The lowest BCUT2D eigenvalue weighted by Crippen LogP contribution is -2.52. The quantitative estimate of drug-likeness (QED) is 0.387. The summed E-state index contributed by atoms with van der Waals surface area (Å²) in [7, 11) is 1.70. The van der Waals surface area contributed by atoms with Crippen LogP contribution in [0.5, 0.6) is 5.75 Å². The predicted octanol–water partition coefficient (Wildman–Crippen LogP) is 2.23. The second-order valence-electron chi connectivity index (χ2n) is 7.57. The van der Waals surface area contributed by atoms with Gasteiger partial charge in [0.05, 0.1) is 20.3 Å². The first-order valence-corrected chi connectivity index (χ1v) is 10.9. The van der Waals surface area contributed by atoms with Gasteiger partial charge in [-0.25, -0.2) is 0 Å². The average molecular weight is 405 g/mol. The zero-order chi connectivity index (χ0) is 20.3. The maximum absolute atomic E-state index is 5.79. The number of hydrogen-bond acceptors (Lipinski definition) is 5. The van der Waals surface area contributed by atoms with E-state index in [4.69, 9.17) is 19.2 Å². The maximum Gasteiger partial charge on any atom is 0.194 e. The van der Waals surface area contributed by atoms with Gasteiger partial charge in [-0.2, -0.15) is 0 Å². The maximum atomic E-state index is 5.79. The Morgan fingerprint density at radius 3 is 2.66 bits per heavy atom. The van der Waals surface area contributed by atoms with Gasteiger partial charge < -0.3 is 29.3 Å². The first-order valence-electron chi connectivity index (χ1n) is 10.9. The normalized spacial score (nSPS) is 20.2. The molecule has 1 aromatic rings. The van der Waals surface area contributed by atoms with Gasteiger partial charge in [0.2, 0.25) is 0 Å². The van der Waals surface area contributed by atoms with Gasteiger partial charge in [0, 0.05) is 64.1 Å². The van der Waals surface area contributed by atoms with E-state index in [1.54, 1.807) is 7.11 Å². The van der Waals surface area contributed by atoms with E-state index >= 15 is 0 Å². The van der Waals surface area contributed by atoms with Gasteiger partial charge in [-0.3, -0.25) is 4.99 Å². The number of nitrogens with zero attached hydrogens (tertiary/aromatic N) is 3. The van der Waals surface area contributed by atoms with Crippen LogP contribution in [0.25, 0.3) is 0 Å². The number of hydrogen-bond donors (Lipinski definition) is 1. The highest BCUT2D eigenvalue weighted by Gasteiger charge is 2.20. The van der Waals surface area contributed by atoms with Crippen molar-refractivity contribution >= 4 is 11.6 Å². The molecular formula is C22H36N4O3. The number of benzene rings is 1. The van der Waals surface area contributed by atoms with E-state index in [2.05, 4.69) is 34.2 Å². The Bertz CT molecular complexity index is 609. The van der Waals surface area contributed by atoms with Gasteiger partial charge in [-0.1, -0.05) is 0 Å². The van der Waals surface area contributed by atoms with Crippen molar-refractivity contribution in [1.82, 2.24) is 10.2 Å². The molecule has 0 saturated carbocycles. The molecular weight excluding hydrogens is 368 g/mol. The van der Waals surface area contributed by atoms with Crippen molar-refractivity contribution in [3.05, 3.63) is 24.3 Å². The molecule has 2 aliphatic heterocycles. The fraction of sp³-hybridized carbons (Fsp3) is 0.682. The van der Waals surface area contributed by atoms with E-state index in [1.807, 2.05) is 12.1 Å². The number of guanidine groups is 1. The SMILES string of the molecule is CCNC(=NCCCOCC1CCOC1)N1CCN(c2ccc(OC)cc2)CC1. The lowest BCUT2D eigenvalue weighted by Gasteiger charge is -2.37. The second-order valence-corrected chi connectivity index (χ2v) is 7.57. The van der Waals surface area contributed by atoms with Crippen molar-refractivity contribution in [2.45, 2.75) is 19.8 Å². The van der Waals surface area contributed by atoms with Gasteiger partial charge in [0.25, 0.3) is 0 Å². The number of aliphatic imine (C=N–C) groups is 1. The van der Waals surface area contributed by atoms with Crippen LogP contribution in [0.15, 0.2) is 29.3 Å². The molecule has 2 fully saturated rings. The fourth-order valence-electron chi connectivity index (χ4n) is 3.71. The van der Waals surface area contributed by atoms with E-state index < -0.39 is 0 Å². The number of rotatable bonds is 9. The smallest absolute Gasteiger partial charge is 0.194 e. The Morgan fingerprint density at radius 2 is 2.00 bits per heavy atom. The van der Waals surface area contributed by atoms with Crippen LogP contribution in [-0.2, 0) is 9.47 Å². The number of nitrogens with one attached hydrogen (secondary N) is 1. The summed E-state index contributed by atoms with van der Waals surface area (Å²) in [6, 6.07) is 8.31. The largest absolute Gasteiger partial charge is 0.497 e. The van der Waals surface area contributed by atoms with E-state index in [1.165, 1.54) is 5.69 Å². The van der Waals surface area contributed by atoms with Crippen LogP contribution in [0.3, 0.4) is 0 Å². The summed E-state index contributed by atoms with van der Waals surface area (Å²) in [4.78, 5) is 9.60. The molecule has 29 heavy (non-hydrogen) atoms. The summed E-state index contributed by atoms with van der Waals surface area (Å²) in [5.74, 6) is 2.50. The molecule has 0 radical (unpaired) electrons. The predicted molar refractivity (Wildman–Crippen MR) is 117 cm³/mol. The van der Waals surface area contributed by atoms with Crippen LogP contribution in [0, 0.1) is 5.92 Å². The molecule has 7 heteroatoms. The van der Waals surface area contributed by atoms with Crippen LogP contribution in [-0.4, -0.2) is 83.7 Å². The topological polar surface area (TPSA) is 58.6 Å². The standard InChI is InChI=1S/C22H36N4O3/c1-3-23-22(24-10-4-15-28-17-19-9-16-29-18-19)26-13-11-25(12-14-26)20-5-7-21(27-2)8-6-20/h5-8,19H,3-4,9-18H2,1-2H3,(H,23,24). The zero-order valence-corrected chi connectivity index (χ0v) is 17.9.